The Morgan fingerprint density at radius 2 is 2.41 bits per heavy atom. The first kappa shape index (κ1) is 12.8. The minimum atomic E-state index is 0.0696. The van der Waals surface area contributed by atoms with E-state index in [1.807, 2.05) is 5.38 Å². The highest BCUT2D eigenvalue weighted by molar-refractivity contribution is 7.09. The molecule has 1 amide bonds. The van der Waals surface area contributed by atoms with Gasteiger partial charge in [-0.2, -0.15) is 0 Å². The lowest BCUT2D eigenvalue weighted by Gasteiger charge is -2.12. The third-order valence-corrected chi connectivity index (χ3v) is 4.59. The zero-order valence-corrected chi connectivity index (χ0v) is 11.5. The topological polar surface area (TPSA) is 42.0 Å². The lowest BCUT2D eigenvalue weighted by molar-refractivity contribution is -0.120. The normalized spacial score (nSPS) is 16.8. The third kappa shape index (κ3) is 3.42. The number of halogens is 1. The number of hydrogen-bond acceptors (Lipinski definition) is 3. The maximum Gasteiger partial charge on any atom is 0.226 e. The second-order valence-corrected chi connectivity index (χ2v) is 5.88. The van der Waals surface area contributed by atoms with Gasteiger partial charge in [0.05, 0.1) is 18.0 Å². The average Bonchev–Trinajstić information content (AvgIpc) is 2.99. The molecule has 0 atom stereocenters. The van der Waals surface area contributed by atoms with Crippen LogP contribution in [0, 0.1) is 5.41 Å². The van der Waals surface area contributed by atoms with Gasteiger partial charge < -0.3 is 5.32 Å². The van der Waals surface area contributed by atoms with E-state index in [1.165, 1.54) is 24.2 Å². The number of carbonyl (C=O) groups excluding carboxylic acids is 1. The van der Waals surface area contributed by atoms with E-state index < -0.39 is 0 Å². The quantitative estimate of drug-likeness (QED) is 0.809. The van der Waals surface area contributed by atoms with Gasteiger partial charge in [0, 0.05) is 11.9 Å². The molecule has 1 aliphatic rings. The highest BCUT2D eigenvalue weighted by Crippen LogP contribution is 2.47. The Bertz CT molecular complexity index is 401. The van der Waals surface area contributed by atoms with Crippen LogP contribution in [0.3, 0.4) is 0 Å². The predicted octanol–water partition coefficient (Wildman–Crippen LogP) is 2.73. The monoisotopic (exact) mass is 272 g/mol. The Balaban J connectivity index is 1.77. The van der Waals surface area contributed by atoms with Crippen LogP contribution < -0.4 is 5.32 Å². The van der Waals surface area contributed by atoms with Gasteiger partial charge >= 0.3 is 0 Å². The Morgan fingerprint density at radius 1 is 1.65 bits per heavy atom. The first-order valence-electron chi connectivity index (χ1n) is 5.93. The highest BCUT2D eigenvalue weighted by Gasteiger charge is 2.40. The van der Waals surface area contributed by atoms with Crippen molar-refractivity contribution in [3.63, 3.8) is 0 Å². The molecule has 1 aromatic heterocycles. The van der Waals surface area contributed by atoms with Crippen molar-refractivity contribution in [3.05, 3.63) is 16.1 Å². The Labute approximate surface area is 111 Å². The first-order chi connectivity index (χ1) is 8.17. The van der Waals surface area contributed by atoms with E-state index in [4.69, 9.17) is 11.6 Å². The van der Waals surface area contributed by atoms with Gasteiger partial charge in [-0.05, 0) is 24.7 Å². The SMILES string of the molecule is CCC1(CNC(=O)Cc2nc(CCl)cs2)CC1. The van der Waals surface area contributed by atoms with Crippen LogP contribution in [-0.2, 0) is 17.1 Å². The van der Waals surface area contributed by atoms with Gasteiger partial charge in [-0.15, -0.1) is 22.9 Å². The standard InChI is InChI=1S/C12H17ClN2OS/c1-2-12(3-4-12)8-14-10(16)5-11-15-9(6-13)7-17-11/h7H,2-6,8H2,1H3,(H,14,16). The molecular weight excluding hydrogens is 256 g/mol. The van der Waals surface area contributed by atoms with Crippen molar-refractivity contribution in [2.24, 2.45) is 5.41 Å². The molecule has 1 saturated carbocycles. The summed E-state index contributed by atoms with van der Waals surface area (Å²) in [6.07, 6.45) is 4.02. The molecule has 1 aliphatic carbocycles. The lowest BCUT2D eigenvalue weighted by atomic mass is 10.0. The van der Waals surface area contributed by atoms with Crippen molar-refractivity contribution in [2.45, 2.75) is 38.5 Å². The number of aromatic nitrogens is 1. The second kappa shape index (κ2) is 5.36. The summed E-state index contributed by atoms with van der Waals surface area (Å²) >= 11 is 7.17. The molecule has 0 saturated heterocycles. The van der Waals surface area contributed by atoms with Crippen LogP contribution in [0.1, 0.15) is 36.9 Å². The van der Waals surface area contributed by atoms with Gasteiger partial charge in [-0.25, -0.2) is 4.98 Å². The van der Waals surface area contributed by atoms with Crippen LogP contribution in [0.2, 0.25) is 0 Å². The highest BCUT2D eigenvalue weighted by atomic mass is 35.5. The molecule has 1 N–H and O–H groups in total. The molecule has 0 radical (unpaired) electrons. The predicted molar refractivity (Wildman–Crippen MR) is 70.3 cm³/mol. The number of thiazole rings is 1. The van der Waals surface area contributed by atoms with Crippen molar-refractivity contribution >= 4 is 28.8 Å². The molecule has 0 unspecified atom stereocenters. The van der Waals surface area contributed by atoms with Crippen LogP contribution in [0.4, 0.5) is 0 Å². The maximum atomic E-state index is 11.7. The largest absolute Gasteiger partial charge is 0.355 e. The van der Waals surface area contributed by atoms with Gasteiger partial charge in [0.2, 0.25) is 5.91 Å². The number of alkyl halides is 1. The van der Waals surface area contributed by atoms with Crippen molar-refractivity contribution < 1.29 is 4.79 Å². The minimum absolute atomic E-state index is 0.0696. The number of hydrogen-bond donors (Lipinski definition) is 1. The molecule has 2 rings (SSSR count). The molecule has 17 heavy (non-hydrogen) atoms. The van der Waals surface area contributed by atoms with E-state index in [0.29, 0.717) is 17.7 Å². The molecule has 1 aromatic rings. The van der Waals surface area contributed by atoms with E-state index in [-0.39, 0.29) is 5.91 Å². The van der Waals surface area contributed by atoms with Gasteiger partial charge in [0.25, 0.3) is 0 Å². The fraction of sp³-hybridized carbons (Fsp3) is 0.667. The molecule has 94 valence electrons. The van der Waals surface area contributed by atoms with Crippen molar-refractivity contribution in [1.82, 2.24) is 10.3 Å². The summed E-state index contributed by atoms with van der Waals surface area (Å²) in [5.41, 5.74) is 1.26. The van der Waals surface area contributed by atoms with Crippen molar-refractivity contribution in [2.75, 3.05) is 6.54 Å². The van der Waals surface area contributed by atoms with Crippen LogP contribution >= 0.6 is 22.9 Å². The van der Waals surface area contributed by atoms with E-state index >= 15 is 0 Å². The van der Waals surface area contributed by atoms with Gasteiger partial charge in [-0.1, -0.05) is 6.92 Å². The fourth-order valence-electron chi connectivity index (χ4n) is 1.81. The van der Waals surface area contributed by atoms with Gasteiger partial charge in [0.1, 0.15) is 5.01 Å². The summed E-state index contributed by atoms with van der Waals surface area (Å²) in [7, 11) is 0. The Kier molecular flexibility index (Phi) is 4.05. The molecule has 1 fully saturated rings. The van der Waals surface area contributed by atoms with Gasteiger partial charge in [0.15, 0.2) is 0 Å². The minimum Gasteiger partial charge on any atom is -0.355 e. The summed E-state index contributed by atoms with van der Waals surface area (Å²) in [6, 6.07) is 0. The number of nitrogens with zero attached hydrogens (tertiary/aromatic N) is 1. The molecule has 1 heterocycles. The summed E-state index contributed by atoms with van der Waals surface area (Å²) in [5, 5.41) is 5.76. The van der Waals surface area contributed by atoms with Crippen LogP contribution in [0.25, 0.3) is 0 Å². The molecular formula is C12H17ClN2OS. The average molecular weight is 273 g/mol. The zero-order chi connectivity index (χ0) is 12.3. The summed E-state index contributed by atoms with van der Waals surface area (Å²) in [5.74, 6) is 0.483. The molecule has 0 aliphatic heterocycles. The van der Waals surface area contributed by atoms with E-state index in [9.17, 15) is 4.79 Å². The van der Waals surface area contributed by atoms with Crippen LogP contribution in [-0.4, -0.2) is 17.4 Å². The number of carbonyl (C=O) groups is 1. The molecule has 5 heteroatoms. The van der Waals surface area contributed by atoms with Gasteiger partial charge in [-0.3, -0.25) is 4.79 Å². The van der Waals surface area contributed by atoms with Crippen molar-refractivity contribution in [3.8, 4) is 0 Å². The summed E-state index contributed by atoms with van der Waals surface area (Å²) in [4.78, 5) is 16.0. The first-order valence-corrected chi connectivity index (χ1v) is 7.35. The number of nitrogens with one attached hydrogen (secondary N) is 1. The van der Waals surface area contributed by atoms with E-state index in [2.05, 4.69) is 17.2 Å². The second-order valence-electron chi connectivity index (χ2n) is 4.67. The molecule has 0 aromatic carbocycles. The molecule has 0 spiro atoms. The lowest BCUT2D eigenvalue weighted by Crippen LogP contribution is -2.31. The van der Waals surface area contributed by atoms with Crippen LogP contribution in [0.15, 0.2) is 5.38 Å². The maximum absolute atomic E-state index is 11.7. The fourth-order valence-corrected chi connectivity index (χ4v) is 2.83. The Hall–Kier alpha value is -0.610. The molecule has 0 bridgehead atoms. The third-order valence-electron chi connectivity index (χ3n) is 3.42. The zero-order valence-electron chi connectivity index (χ0n) is 9.96. The van der Waals surface area contributed by atoms with Crippen molar-refractivity contribution in [1.29, 1.82) is 0 Å². The summed E-state index contributed by atoms with van der Waals surface area (Å²) in [6.45, 7) is 3.00. The number of amides is 1. The van der Waals surface area contributed by atoms with Crippen LogP contribution in [0.5, 0.6) is 0 Å². The Morgan fingerprint density at radius 3 is 2.94 bits per heavy atom. The summed E-state index contributed by atoms with van der Waals surface area (Å²) < 4.78 is 0. The van der Waals surface area contributed by atoms with E-state index in [1.54, 1.807) is 0 Å². The smallest absolute Gasteiger partial charge is 0.226 e. The van der Waals surface area contributed by atoms with E-state index in [0.717, 1.165) is 23.7 Å². The molecule has 3 nitrogen and oxygen atoms in total. The number of rotatable bonds is 6.